The predicted octanol–water partition coefficient (Wildman–Crippen LogP) is 2.73. The molecule has 0 aliphatic heterocycles. The molecule has 10 heteroatoms. The average molecular weight is 396 g/mol. The Kier molecular flexibility index (Phi) is 4.50. The molecule has 0 saturated carbocycles. The Morgan fingerprint density at radius 2 is 2.00 bits per heavy atom. The highest BCUT2D eigenvalue weighted by molar-refractivity contribution is 6.29. The summed E-state index contributed by atoms with van der Waals surface area (Å²) in [5.41, 5.74) is 8.42. The Labute approximate surface area is 163 Å². The van der Waals surface area contributed by atoms with Crippen LogP contribution in [0.2, 0.25) is 5.15 Å². The Morgan fingerprint density at radius 3 is 2.75 bits per heavy atom. The highest BCUT2D eigenvalue weighted by Crippen LogP contribution is 2.25. The van der Waals surface area contributed by atoms with Crippen LogP contribution in [-0.2, 0) is 6.54 Å². The molecule has 0 saturated heterocycles. The van der Waals surface area contributed by atoms with E-state index in [1.807, 2.05) is 36.4 Å². The number of imidazole rings is 1. The summed E-state index contributed by atoms with van der Waals surface area (Å²) in [4.78, 5) is 23.4. The van der Waals surface area contributed by atoms with Crippen LogP contribution in [0.5, 0.6) is 0 Å². The van der Waals surface area contributed by atoms with Crippen LogP contribution < -0.4 is 11.1 Å². The number of nitrogen functional groups attached to an aromatic ring is 1. The van der Waals surface area contributed by atoms with Crippen molar-refractivity contribution in [2.24, 2.45) is 0 Å². The molecule has 1 aromatic carbocycles. The minimum Gasteiger partial charge on any atom is -0.477 e. The van der Waals surface area contributed by atoms with Crippen molar-refractivity contribution < 1.29 is 9.90 Å². The van der Waals surface area contributed by atoms with E-state index in [1.165, 1.54) is 12.5 Å². The smallest absolute Gasteiger partial charge is 0.343 e. The Hall–Kier alpha value is -3.72. The third kappa shape index (κ3) is 3.19. The molecule has 3 aromatic heterocycles. The number of anilines is 2. The fourth-order valence-corrected chi connectivity index (χ4v) is 2.99. The van der Waals surface area contributed by atoms with Gasteiger partial charge < -0.3 is 16.2 Å². The van der Waals surface area contributed by atoms with Crippen molar-refractivity contribution in [2.45, 2.75) is 6.54 Å². The van der Waals surface area contributed by atoms with Gasteiger partial charge in [0.1, 0.15) is 23.5 Å². The van der Waals surface area contributed by atoms with Gasteiger partial charge >= 0.3 is 5.97 Å². The van der Waals surface area contributed by atoms with E-state index in [2.05, 4.69) is 25.4 Å². The molecule has 0 aliphatic rings. The first-order chi connectivity index (χ1) is 13.5. The zero-order valence-electron chi connectivity index (χ0n) is 14.4. The van der Waals surface area contributed by atoms with Gasteiger partial charge in [0.25, 0.3) is 0 Å². The second kappa shape index (κ2) is 7.12. The van der Waals surface area contributed by atoms with Crippen molar-refractivity contribution in [3.8, 4) is 11.3 Å². The molecule has 4 N–H and O–H groups in total. The lowest BCUT2D eigenvalue weighted by molar-refractivity contribution is 0.0698. The fourth-order valence-electron chi connectivity index (χ4n) is 2.82. The number of nitrogens with one attached hydrogen (secondary N) is 1. The Morgan fingerprint density at radius 1 is 1.21 bits per heavy atom. The van der Waals surface area contributed by atoms with Crippen molar-refractivity contribution in [3.05, 3.63) is 65.2 Å². The lowest BCUT2D eigenvalue weighted by Crippen LogP contribution is -2.13. The van der Waals surface area contributed by atoms with Gasteiger partial charge in [0.2, 0.25) is 0 Å². The summed E-state index contributed by atoms with van der Waals surface area (Å²) in [5.74, 6) is -1.19. The third-order valence-corrected chi connectivity index (χ3v) is 4.37. The van der Waals surface area contributed by atoms with E-state index in [4.69, 9.17) is 17.3 Å². The van der Waals surface area contributed by atoms with E-state index in [1.54, 1.807) is 4.52 Å². The molecule has 0 aliphatic carbocycles. The van der Waals surface area contributed by atoms with E-state index in [-0.39, 0.29) is 23.7 Å². The van der Waals surface area contributed by atoms with Crippen LogP contribution >= 0.6 is 11.6 Å². The summed E-state index contributed by atoms with van der Waals surface area (Å²) >= 11 is 6.16. The number of fused-ring (bicyclic) bond motifs is 1. The predicted molar refractivity (Wildman–Crippen MR) is 104 cm³/mol. The quantitative estimate of drug-likeness (QED) is 0.470. The van der Waals surface area contributed by atoms with Crippen molar-refractivity contribution in [2.75, 3.05) is 11.1 Å². The Balaban J connectivity index is 1.77. The first kappa shape index (κ1) is 17.7. The number of nitrogens with zero attached hydrogens (tertiary/aromatic N) is 5. The van der Waals surface area contributed by atoms with Gasteiger partial charge in [0.05, 0.1) is 11.9 Å². The van der Waals surface area contributed by atoms with Crippen molar-refractivity contribution in [3.63, 3.8) is 0 Å². The summed E-state index contributed by atoms with van der Waals surface area (Å²) in [5, 5.41) is 17.4. The third-order valence-electron chi connectivity index (χ3n) is 4.11. The molecule has 0 fully saturated rings. The molecule has 4 aromatic rings. The van der Waals surface area contributed by atoms with Gasteiger partial charge in [0, 0.05) is 17.7 Å². The molecule has 28 heavy (non-hydrogen) atoms. The monoisotopic (exact) mass is 395 g/mol. The van der Waals surface area contributed by atoms with Crippen LogP contribution in [0.15, 0.2) is 48.9 Å². The lowest BCUT2D eigenvalue weighted by atomic mass is 10.1. The van der Waals surface area contributed by atoms with E-state index >= 15 is 0 Å². The second-order valence-electron chi connectivity index (χ2n) is 5.88. The first-order valence-corrected chi connectivity index (χ1v) is 8.58. The van der Waals surface area contributed by atoms with Gasteiger partial charge in [0.15, 0.2) is 10.8 Å². The van der Waals surface area contributed by atoms with Gasteiger partial charge in [-0.05, 0) is 6.07 Å². The highest BCUT2D eigenvalue weighted by atomic mass is 35.5. The molecule has 0 atom stereocenters. The maximum atomic E-state index is 11.5. The number of rotatable bonds is 5. The number of carbonyl (C=O) groups is 1. The minimum atomic E-state index is -1.21. The summed E-state index contributed by atoms with van der Waals surface area (Å²) in [7, 11) is 0. The SMILES string of the molecule is Nc1ncnc(NCc2cc3ncc(Cl)n3nc2-c2ccccc2)c1C(=O)O. The fraction of sp³-hybridized carbons (Fsp3) is 0.0556. The largest absolute Gasteiger partial charge is 0.477 e. The van der Waals surface area contributed by atoms with Crippen LogP contribution in [-0.4, -0.2) is 35.6 Å². The zero-order valence-corrected chi connectivity index (χ0v) is 15.1. The molecule has 3 heterocycles. The van der Waals surface area contributed by atoms with Crippen LogP contribution in [0.4, 0.5) is 11.6 Å². The maximum Gasteiger partial charge on any atom is 0.343 e. The van der Waals surface area contributed by atoms with Gasteiger partial charge in [-0.2, -0.15) is 5.10 Å². The van der Waals surface area contributed by atoms with Gasteiger partial charge in [-0.25, -0.2) is 24.3 Å². The van der Waals surface area contributed by atoms with Crippen LogP contribution in [0, 0.1) is 0 Å². The molecular formula is C18H14ClN7O2. The number of carboxylic acid groups (broad SMARTS) is 1. The molecular weight excluding hydrogens is 382 g/mol. The maximum absolute atomic E-state index is 11.5. The normalized spacial score (nSPS) is 10.9. The Bertz CT molecular complexity index is 1180. The van der Waals surface area contributed by atoms with Gasteiger partial charge in [-0.15, -0.1) is 0 Å². The molecule has 0 radical (unpaired) electrons. The number of benzene rings is 1. The summed E-state index contributed by atoms with van der Waals surface area (Å²) < 4.78 is 1.54. The average Bonchev–Trinajstić information content (AvgIpc) is 3.06. The van der Waals surface area contributed by atoms with E-state index in [0.717, 1.165) is 11.1 Å². The zero-order chi connectivity index (χ0) is 19.7. The molecule has 0 spiro atoms. The molecule has 0 unspecified atom stereocenters. The second-order valence-corrected chi connectivity index (χ2v) is 6.26. The summed E-state index contributed by atoms with van der Waals surface area (Å²) in [6, 6.07) is 11.4. The van der Waals surface area contributed by atoms with Gasteiger partial charge in [-0.1, -0.05) is 41.9 Å². The number of aromatic nitrogens is 5. The number of carboxylic acids is 1. The lowest BCUT2D eigenvalue weighted by Gasteiger charge is -2.13. The number of hydrogen-bond donors (Lipinski definition) is 3. The minimum absolute atomic E-state index is 0.109. The number of halogens is 1. The molecule has 4 rings (SSSR count). The standard InChI is InChI=1S/C18H14ClN7O2/c19-12-8-21-13-6-11(15(25-26(12)13)10-4-2-1-3-5-10)7-22-17-14(18(27)28)16(20)23-9-24-17/h1-6,8-9H,7H2,(H,27,28)(H3,20,22,23,24). The van der Waals surface area contributed by atoms with Crippen molar-refractivity contribution >= 4 is 34.9 Å². The molecule has 140 valence electrons. The number of nitrogens with two attached hydrogens (primary N) is 1. The molecule has 0 bridgehead atoms. The van der Waals surface area contributed by atoms with Crippen LogP contribution in [0.25, 0.3) is 16.9 Å². The van der Waals surface area contributed by atoms with Crippen molar-refractivity contribution in [1.29, 1.82) is 0 Å². The number of hydrogen-bond acceptors (Lipinski definition) is 7. The summed E-state index contributed by atoms with van der Waals surface area (Å²) in [6.07, 6.45) is 2.72. The molecule has 9 nitrogen and oxygen atoms in total. The van der Waals surface area contributed by atoms with Crippen molar-refractivity contribution in [1.82, 2.24) is 24.6 Å². The van der Waals surface area contributed by atoms with E-state index in [9.17, 15) is 9.90 Å². The van der Waals surface area contributed by atoms with Gasteiger partial charge in [-0.3, -0.25) is 0 Å². The number of aromatic carboxylic acids is 1. The highest BCUT2D eigenvalue weighted by Gasteiger charge is 2.18. The topological polar surface area (TPSA) is 131 Å². The molecule has 0 amide bonds. The van der Waals surface area contributed by atoms with Crippen LogP contribution in [0.3, 0.4) is 0 Å². The van der Waals surface area contributed by atoms with Crippen LogP contribution in [0.1, 0.15) is 15.9 Å². The summed E-state index contributed by atoms with van der Waals surface area (Å²) in [6.45, 7) is 0.245. The van der Waals surface area contributed by atoms with E-state index < -0.39 is 5.97 Å². The first-order valence-electron chi connectivity index (χ1n) is 8.21. The van der Waals surface area contributed by atoms with E-state index in [0.29, 0.717) is 16.5 Å².